The Bertz CT molecular complexity index is 1310. The average Bonchev–Trinajstić information content (AvgIpc) is 2.89. The number of carbonyl (C=O) groups is 2. The number of hydrogen-bond donors (Lipinski definition) is 2. The number of benzene rings is 3. The van der Waals surface area contributed by atoms with Crippen LogP contribution in [0.1, 0.15) is 29.7 Å². The summed E-state index contributed by atoms with van der Waals surface area (Å²) >= 11 is 0. The molecule has 2 amide bonds. The smallest absolute Gasteiger partial charge is 0.338 e. The summed E-state index contributed by atoms with van der Waals surface area (Å²) in [5.41, 5.74) is 2.68. The Balaban J connectivity index is 1.95. The van der Waals surface area contributed by atoms with E-state index in [4.69, 9.17) is 4.74 Å². The SMILES string of the molecule is CCOC(=O)C1=C(C(S(=O)c2ccc(C)cc2)S(=O)c2ccc(C)cc2)NC(=O)NC1c1ccccc1. The highest BCUT2D eigenvalue weighted by atomic mass is 32.2. The molecule has 7 nitrogen and oxygen atoms in total. The molecule has 0 spiro atoms. The lowest BCUT2D eigenvalue weighted by Crippen LogP contribution is -2.50. The largest absolute Gasteiger partial charge is 0.463 e. The molecule has 0 saturated carbocycles. The number of nitrogens with one attached hydrogen (secondary N) is 2. The molecule has 2 N–H and O–H groups in total. The molecule has 3 aromatic rings. The van der Waals surface area contributed by atoms with Gasteiger partial charge in [-0.25, -0.2) is 9.59 Å². The Labute approximate surface area is 221 Å². The monoisotopic (exact) mass is 536 g/mol. The van der Waals surface area contributed by atoms with Crippen LogP contribution in [0.3, 0.4) is 0 Å². The summed E-state index contributed by atoms with van der Waals surface area (Å²) in [4.78, 5) is 27.1. The number of rotatable bonds is 8. The molecule has 9 heteroatoms. The van der Waals surface area contributed by atoms with Crippen molar-refractivity contribution in [3.05, 3.63) is 107 Å². The topological polar surface area (TPSA) is 102 Å². The molecule has 1 aliphatic rings. The van der Waals surface area contributed by atoms with E-state index >= 15 is 0 Å². The molecule has 192 valence electrons. The maximum absolute atomic E-state index is 14.1. The van der Waals surface area contributed by atoms with Crippen LogP contribution < -0.4 is 10.6 Å². The predicted molar refractivity (Wildman–Crippen MR) is 143 cm³/mol. The average molecular weight is 537 g/mol. The van der Waals surface area contributed by atoms with E-state index in [9.17, 15) is 18.0 Å². The van der Waals surface area contributed by atoms with Gasteiger partial charge in [-0.15, -0.1) is 0 Å². The molecule has 3 unspecified atom stereocenters. The van der Waals surface area contributed by atoms with Gasteiger partial charge in [-0.05, 0) is 50.6 Å². The van der Waals surface area contributed by atoms with Crippen molar-refractivity contribution in [3.63, 3.8) is 0 Å². The van der Waals surface area contributed by atoms with E-state index in [2.05, 4.69) is 10.6 Å². The number of hydrogen-bond acceptors (Lipinski definition) is 5. The summed E-state index contributed by atoms with van der Waals surface area (Å²) in [5, 5.41) is 5.44. The van der Waals surface area contributed by atoms with Gasteiger partial charge in [0.25, 0.3) is 0 Å². The van der Waals surface area contributed by atoms with Crippen molar-refractivity contribution >= 4 is 33.6 Å². The molecule has 1 heterocycles. The van der Waals surface area contributed by atoms with E-state index in [0.717, 1.165) is 11.1 Å². The molecule has 0 fully saturated rings. The van der Waals surface area contributed by atoms with Crippen molar-refractivity contribution < 1.29 is 22.7 Å². The van der Waals surface area contributed by atoms with Gasteiger partial charge in [0.2, 0.25) is 0 Å². The van der Waals surface area contributed by atoms with Crippen molar-refractivity contribution in [2.45, 2.75) is 41.2 Å². The molecular formula is C28H28N2O5S2. The first-order valence-corrected chi connectivity index (χ1v) is 14.2. The lowest BCUT2D eigenvalue weighted by Gasteiger charge is -2.32. The first-order chi connectivity index (χ1) is 17.8. The second-order valence-electron chi connectivity index (χ2n) is 8.54. The zero-order valence-corrected chi connectivity index (χ0v) is 22.4. The van der Waals surface area contributed by atoms with Gasteiger partial charge in [0, 0.05) is 9.79 Å². The van der Waals surface area contributed by atoms with Crippen LogP contribution in [0, 0.1) is 13.8 Å². The molecule has 37 heavy (non-hydrogen) atoms. The molecular weight excluding hydrogens is 508 g/mol. The Morgan fingerprint density at radius 2 is 1.38 bits per heavy atom. The summed E-state index contributed by atoms with van der Waals surface area (Å²) in [6.45, 7) is 5.59. The molecule has 0 bridgehead atoms. The lowest BCUT2D eigenvalue weighted by molar-refractivity contribution is -0.139. The fourth-order valence-corrected chi connectivity index (χ4v) is 7.39. The molecule has 4 rings (SSSR count). The van der Waals surface area contributed by atoms with Gasteiger partial charge in [-0.1, -0.05) is 65.7 Å². The second kappa shape index (κ2) is 11.7. The Kier molecular flexibility index (Phi) is 8.35. The third-order valence-electron chi connectivity index (χ3n) is 5.86. The van der Waals surface area contributed by atoms with E-state index in [1.54, 1.807) is 55.5 Å². The molecule has 0 aromatic heterocycles. The summed E-state index contributed by atoms with van der Waals surface area (Å²) in [6.07, 6.45) is 0. The van der Waals surface area contributed by atoms with Gasteiger partial charge in [0.1, 0.15) is 0 Å². The predicted octanol–water partition coefficient (Wildman–Crippen LogP) is 4.42. The van der Waals surface area contributed by atoms with Crippen LogP contribution in [0.5, 0.6) is 0 Å². The van der Waals surface area contributed by atoms with E-state index in [1.807, 2.05) is 44.2 Å². The summed E-state index contributed by atoms with van der Waals surface area (Å²) in [7, 11) is -3.80. The van der Waals surface area contributed by atoms with Crippen molar-refractivity contribution in [1.29, 1.82) is 0 Å². The first-order valence-electron chi connectivity index (χ1n) is 11.8. The fraction of sp³-hybridized carbons (Fsp3) is 0.214. The number of amides is 2. The first kappa shape index (κ1) is 26.5. The van der Waals surface area contributed by atoms with E-state index in [1.165, 1.54) is 0 Å². The summed E-state index contributed by atoms with van der Waals surface area (Å²) in [6, 6.07) is 21.5. The third kappa shape index (κ3) is 5.89. The fourth-order valence-electron chi connectivity index (χ4n) is 3.99. The van der Waals surface area contributed by atoms with Gasteiger partial charge in [-0.3, -0.25) is 8.42 Å². The molecule has 3 atom stereocenters. The number of carbonyl (C=O) groups excluding carboxylic acids is 2. The molecule has 3 aromatic carbocycles. The zero-order valence-electron chi connectivity index (χ0n) is 20.7. The second-order valence-corrected chi connectivity index (χ2v) is 11.9. The molecule has 1 aliphatic heterocycles. The van der Waals surface area contributed by atoms with Crippen molar-refractivity contribution in [2.24, 2.45) is 0 Å². The third-order valence-corrected chi connectivity index (χ3v) is 9.63. The highest BCUT2D eigenvalue weighted by Gasteiger charge is 2.41. The maximum Gasteiger partial charge on any atom is 0.338 e. The minimum atomic E-state index is -1.90. The minimum Gasteiger partial charge on any atom is -0.463 e. The lowest BCUT2D eigenvalue weighted by atomic mass is 9.95. The maximum atomic E-state index is 14.1. The Morgan fingerprint density at radius 3 is 1.86 bits per heavy atom. The Hall–Kier alpha value is -3.56. The van der Waals surface area contributed by atoms with Crippen molar-refractivity contribution in [2.75, 3.05) is 6.61 Å². The normalized spacial score (nSPS) is 17.8. The van der Waals surface area contributed by atoms with Crippen LogP contribution in [0.25, 0.3) is 0 Å². The number of esters is 1. The summed E-state index contributed by atoms with van der Waals surface area (Å²) in [5.74, 6) is -0.689. The van der Waals surface area contributed by atoms with Gasteiger partial charge < -0.3 is 15.4 Å². The minimum absolute atomic E-state index is 0.0221. The van der Waals surface area contributed by atoms with Gasteiger partial charge in [0.15, 0.2) is 4.58 Å². The summed E-state index contributed by atoms with van der Waals surface area (Å²) < 4.78 is 32.3. The van der Waals surface area contributed by atoms with Crippen LogP contribution in [0.15, 0.2) is 99.9 Å². The van der Waals surface area contributed by atoms with Gasteiger partial charge in [-0.2, -0.15) is 0 Å². The van der Waals surface area contributed by atoms with Crippen LogP contribution in [-0.4, -0.2) is 31.6 Å². The number of aryl methyl sites for hydroxylation is 2. The van der Waals surface area contributed by atoms with Crippen LogP contribution >= 0.6 is 0 Å². The molecule has 0 aliphatic carbocycles. The van der Waals surface area contributed by atoms with Crippen LogP contribution in [0.2, 0.25) is 0 Å². The highest BCUT2D eigenvalue weighted by Crippen LogP contribution is 2.34. The van der Waals surface area contributed by atoms with Crippen molar-refractivity contribution in [1.82, 2.24) is 10.6 Å². The number of ether oxygens (including phenoxy) is 1. The van der Waals surface area contributed by atoms with E-state index in [-0.39, 0.29) is 17.9 Å². The van der Waals surface area contributed by atoms with Gasteiger partial charge >= 0.3 is 12.0 Å². The van der Waals surface area contributed by atoms with Crippen LogP contribution in [0.4, 0.5) is 4.79 Å². The highest BCUT2D eigenvalue weighted by molar-refractivity contribution is 8.03. The standard InChI is InChI=1S/C28H28N2O5S2/c1-4-35-26(31)23-24(20-8-6-5-7-9-20)29-28(32)30-25(23)27(36(33)21-14-10-18(2)11-15-21)37(34)22-16-12-19(3)13-17-22/h5-17,24,27H,4H2,1-3H3,(H2,29,30,32). The van der Waals surface area contributed by atoms with E-state index in [0.29, 0.717) is 15.4 Å². The van der Waals surface area contributed by atoms with Crippen LogP contribution in [-0.2, 0) is 31.1 Å². The molecule has 0 radical (unpaired) electrons. The molecule has 0 saturated heterocycles. The van der Waals surface area contributed by atoms with Crippen molar-refractivity contribution in [3.8, 4) is 0 Å². The quantitative estimate of drug-likeness (QED) is 0.415. The van der Waals surface area contributed by atoms with Gasteiger partial charge in [0.05, 0.1) is 45.5 Å². The Morgan fingerprint density at radius 1 is 0.865 bits per heavy atom. The number of urea groups is 1. The zero-order chi connectivity index (χ0) is 26.5. The van der Waals surface area contributed by atoms with E-state index < -0.39 is 44.2 Å².